The summed E-state index contributed by atoms with van der Waals surface area (Å²) in [6, 6.07) is -1.26. The van der Waals surface area contributed by atoms with E-state index >= 15 is 0 Å². The molecular weight excluding hydrogens is 731 g/mol. The van der Waals surface area contributed by atoms with Crippen molar-refractivity contribution in [2.45, 2.75) is 250 Å². The second-order valence-corrected chi connectivity index (χ2v) is 18.0. The number of allylic oxidation sites excluding steroid dienone is 7. The van der Waals surface area contributed by atoms with Crippen LogP contribution in [0.25, 0.3) is 0 Å². The first-order valence-corrected chi connectivity index (χ1v) is 25.6. The highest BCUT2D eigenvalue weighted by atomic mass is 32.2. The number of aliphatic hydroxyl groups is 2. The van der Waals surface area contributed by atoms with Crippen LogP contribution in [0.2, 0.25) is 0 Å². The summed E-state index contributed by atoms with van der Waals surface area (Å²) in [4.78, 5) is 12.6. The average Bonchev–Trinajstić information content (AvgIpc) is 3.18. The Hall–Kier alpha value is -1.74. The van der Waals surface area contributed by atoms with Gasteiger partial charge in [0, 0.05) is 0 Å². The number of carbonyl (C=O) groups excluding carboxylic acids is 1. The Labute approximate surface area is 352 Å². The Bertz CT molecular complexity index is 1100. The maximum absolute atomic E-state index is 12.6. The van der Waals surface area contributed by atoms with E-state index < -0.39 is 40.0 Å². The molecule has 0 aromatic carbocycles. The first kappa shape index (κ1) is 55.3. The molecule has 0 rings (SSSR count). The van der Waals surface area contributed by atoms with Crippen LogP contribution in [-0.2, 0) is 14.9 Å². The molecule has 1 amide bonds. The predicted octanol–water partition coefficient (Wildman–Crippen LogP) is 13.6. The molecule has 7 nitrogen and oxygen atoms in total. The minimum absolute atomic E-state index is 0.263. The molecule has 0 fully saturated rings. The van der Waals surface area contributed by atoms with Gasteiger partial charge in [-0.15, -0.1) is 0 Å². The van der Waals surface area contributed by atoms with Crippen molar-refractivity contribution < 1.29 is 28.0 Å². The highest BCUT2D eigenvalue weighted by Crippen LogP contribution is 2.15. The summed E-state index contributed by atoms with van der Waals surface area (Å²) in [5.41, 5.74) is 0. The molecule has 0 saturated carbocycles. The van der Waals surface area contributed by atoms with Crippen molar-refractivity contribution in [3.8, 4) is 0 Å². The molecule has 0 spiro atoms. The monoisotopic (exact) mass is 822 g/mol. The maximum Gasteiger partial charge on any atom is 0.267 e. The molecule has 0 saturated heterocycles. The Morgan fingerprint density at radius 3 is 1.16 bits per heavy atom. The minimum atomic E-state index is -4.46. The molecule has 0 heterocycles. The lowest BCUT2D eigenvalue weighted by atomic mass is 10.0. The van der Waals surface area contributed by atoms with Gasteiger partial charge in [0.25, 0.3) is 10.1 Å². The molecule has 4 N–H and O–H groups in total. The molecule has 3 atom stereocenters. The Kier molecular flexibility index (Phi) is 41.1. The van der Waals surface area contributed by atoms with Crippen molar-refractivity contribution in [3.63, 3.8) is 0 Å². The normalized spacial score (nSPS) is 14.1. The zero-order valence-electron chi connectivity index (χ0n) is 37.1. The van der Waals surface area contributed by atoms with E-state index in [0.717, 1.165) is 51.4 Å². The third-order valence-electron chi connectivity index (χ3n) is 10.8. The Balaban J connectivity index is 4.03. The summed E-state index contributed by atoms with van der Waals surface area (Å²) < 4.78 is 32.6. The number of rotatable bonds is 43. The third-order valence-corrected chi connectivity index (χ3v) is 11.6. The molecule has 0 aliphatic carbocycles. The largest absolute Gasteiger partial charge is 0.387 e. The second kappa shape index (κ2) is 42.4. The van der Waals surface area contributed by atoms with Crippen LogP contribution < -0.4 is 5.32 Å². The van der Waals surface area contributed by atoms with Crippen LogP contribution in [0.5, 0.6) is 0 Å². The van der Waals surface area contributed by atoms with Gasteiger partial charge in [0.15, 0.2) is 0 Å². The van der Waals surface area contributed by atoms with Gasteiger partial charge in [-0.3, -0.25) is 9.35 Å². The van der Waals surface area contributed by atoms with Crippen molar-refractivity contribution in [2.75, 3.05) is 5.75 Å². The van der Waals surface area contributed by atoms with Crippen LogP contribution in [0, 0.1) is 0 Å². The third kappa shape index (κ3) is 42.2. The summed E-state index contributed by atoms with van der Waals surface area (Å²) in [5.74, 6) is -1.57. The van der Waals surface area contributed by atoms with Crippen molar-refractivity contribution in [1.82, 2.24) is 5.32 Å². The molecule has 334 valence electrons. The standard InChI is InChI=1S/C49H91NO6S/c1-3-5-7-9-11-13-15-17-19-21-23-24-26-27-29-31-33-35-37-39-41-43-47(51)46(45-57(54,55)56)50-49(53)48(52)44-42-40-38-36-34-32-30-28-25-22-20-18-16-14-12-10-8-6-4-2/h25-28,33,35,41,43,46-48,51-52H,3-24,29-32,34,36-40,42,44-45H2,1-2H3,(H,50,53)(H,54,55,56)/b27-26+,28-25-,35-33+,43-41+. The smallest absolute Gasteiger partial charge is 0.267 e. The number of hydrogen-bond donors (Lipinski definition) is 4. The van der Waals surface area contributed by atoms with Gasteiger partial charge in [-0.1, -0.05) is 210 Å². The number of unbranched alkanes of at least 4 members (excludes halogenated alkanes) is 28. The molecular formula is C49H91NO6S. The number of carbonyl (C=O) groups is 1. The number of hydrogen-bond acceptors (Lipinski definition) is 5. The zero-order chi connectivity index (χ0) is 41.9. The summed E-state index contributed by atoms with van der Waals surface area (Å²) >= 11 is 0. The number of amides is 1. The number of nitrogens with one attached hydrogen (secondary N) is 1. The van der Waals surface area contributed by atoms with Gasteiger partial charge in [-0.2, -0.15) is 8.42 Å². The second-order valence-electron chi connectivity index (χ2n) is 16.5. The minimum Gasteiger partial charge on any atom is -0.387 e. The summed E-state index contributed by atoms with van der Waals surface area (Å²) in [7, 11) is -4.46. The molecule has 0 bridgehead atoms. The highest BCUT2D eigenvalue weighted by molar-refractivity contribution is 7.85. The lowest BCUT2D eigenvalue weighted by molar-refractivity contribution is -0.130. The molecule has 8 heteroatoms. The van der Waals surface area contributed by atoms with Crippen molar-refractivity contribution >= 4 is 16.0 Å². The van der Waals surface area contributed by atoms with Gasteiger partial charge in [0.1, 0.15) is 6.10 Å². The fraction of sp³-hybridized carbons (Fsp3) is 0.816. The average molecular weight is 822 g/mol. The molecule has 0 aliphatic heterocycles. The molecule has 0 radical (unpaired) electrons. The Morgan fingerprint density at radius 2 is 0.789 bits per heavy atom. The number of aliphatic hydroxyl groups excluding tert-OH is 2. The highest BCUT2D eigenvalue weighted by Gasteiger charge is 2.27. The van der Waals surface area contributed by atoms with Gasteiger partial charge in [0.2, 0.25) is 5.91 Å². The first-order chi connectivity index (χ1) is 27.7. The molecule has 0 aliphatic rings. The van der Waals surface area contributed by atoms with Crippen molar-refractivity contribution in [1.29, 1.82) is 0 Å². The van der Waals surface area contributed by atoms with Crippen LogP contribution in [0.4, 0.5) is 0 Å². The summed E-state index contributed by atoms with van der Waals surface area (Å²) in [6.07, 6.45) is 54.6. The van der Waals surface area contributed by atoms with Crippen molar-refractivity contribution in [3.05, 3.63) is 48.6 Å². The Morgan fingerprint density at radius 1 is 0.474 bits per heavy atom. The van der Waals surface area contributed by atoms with Gasteiger partial charge >= 0.3 is 0 Å². The van der Waals surface area contributed by atoms with E-state index in [0.29, 0.717) is 12.8 Å². The van der Waals surface area contributed by atoms with E-state index in [-0.39, 0.29) is 6.42 Å². The summed E-state index contributed by atoms with van der Waals surface area (Å²) in [6.45, 7) is 4.53. The molecule has 0 aromatic heterocycles. The van der Waals surface area contributed by atoms with E-state index in [4.69, 9.17) is 0 Å². The molecule has 3 unspecified atom stereocenters. The van der Waals surface area contributed by atoms with Crippen LogP contribution >= 0.6 is 0 Å². The van der Waals surface area contributed by atoms with Crippen molar-refractivity contribution in [2.24, 2.45) is 0 Å². The van der Waals surface area contributed by atoms with Crippen LogP contribution in [0.15, 0.2) is 48.6 Å². The predicted molar refractivity (Wildman–Crippen MR) is 245 cm³/mol. The van der Waals surface area contributed by atoms with E-state index in [2.05, 4.69) is 55.6 Å². The SMILES string of the molecule is CCCCCCCCCCC/C=C\CCCCCCCCC(O)C(=O)NC(CS(=O)(=O)O)C(O)/C=C/CC/C=C/CC/C=C/CCCCCCCCCCCCC. The molecule has 57 heavy (non-hydrogen) atoms. The van der Waals surface area contributed by atoms with Crippen LogP contribution in [-0.4, -0.2) is 53.1 Å². The molecule has 0 aromatic rings. The van der Waals surface area contributed by atoms with Gasteiger partial charge in [-0.05, 0) is 70.6 Å². The van der Waals surface area contributed by atoms with E-state index in [9.17, 15) is 28.0 Å². The zero-order valence-corrected chi connectivity index (χ0v) is 37.9. The van der Waals surface area contributed by atoms with Gasteiger partial charge in [0.05, 0.1) is 17.9 Å². The fourth-order valence-electron chi connectivity index (χ4n) is 7.13. The lowest BCUT2D eigenvalue weighted by Gasteiger charge is -2.22. The van der Waals surface area contributed by atoms with E-state index in [1.165, 1.54) is 154 Å². The van der Waals surface area contributed by atoms with Crippen LogP contribution in [0.3, 0.4) is 0 Å². The topological polar surface area (TPSA) is 124 Å². The quantitative estimate of drug-likeness (QED) is 0.0276. The van der Waals surface area contributed by atoms with Gasteiger partial charge in [-0.25, -0.2) is 0 Å². The maximum atomic E-state index is 12.6. The summed E-state index contributed by atoms with van der Waals surface area (Å²) in [5, 5.41) is 23.5. The van der Waals surface area contributed by atoms with E-state index in [1.807, 2.05) is 0 Å². The lowest BCUT2D eigenvalue weighted by Crippen LogP contribution is -2.50. The van der Waals surface area contributed by atoms with E-state index in [1.54, 1.807) is 6.08 Å². The van der Waals surface area contributed by atoms with Gasteiger partial charge < -0.3 is 15.5 Å². The van der Waals surface area contributed by atoms with Crippen LogP contribution in [0.1, 0.15) is 232 Å². The first-order valence-electron chi connectivity index (χ1n) is 23.9. The fourth-order valence-corrected chi connectivity index (χ4v) is 7.86.